The van der Waals surface area contributed by atoms with Gasteiger partial charge >= 0.3 is 0 Å². The molecule has 2 amide bonds. The zero-order valence-corrected chi connectivity index (χ0v) is 13.2. The van der Waals surface area contributed by atoms with E-state index in [0.717, 1.165) is 12.1 Å². The molecule has 25 heavy (non-hydrogen) atoms. The molecule has 0 radical (unpaired) electrons. The highest BCUT2D eigenvalue weighted by Gasteiger charge is 2.32. The van der Waals surface area contributed by atoms with E-state index in [-0.39, 0.29) is 18.0 Å². The molecule has 0 bridgehead atoms. The Bertz CT molecular complexity index is 759. The standard InChI is InChI=1S/C17H17F2N3O3/c18-11-6-10(7-12(19)8-11)16(24)21-13-3-5-22(9-15(13)23)17(25)14-2-1-4-20-14/h1-2,4,6-8,13,15,20,23H,3,5,9H2,(H,21,24). The van der Waals surface area contributed by atoms with E-state index in [1.807, 2.05) is 0 Å². The zero-order chi connectivity index (χ0) is 18.0. The molecule has 2 heterocycles. The number of H-pyrrole nitrogens is 1. The molecule has 3 rings (SSSR count). The summed E-state index contributed by atoms with van der Waals surface area (Å²) in [6.07, 6.45) is 0.987. The van der Waals surface area contributed by atoms with E-state index in [9.17, 15) is 23.5 Å². The fourth-order valence-electron chi connectivity index (χ4n) is 2.85. The van der Waals surface area contributed by atoms with Gasteiger partial charge in [0.05, 0.1) is 12.1 Å². The number of carbonyl (C=O) groups excluding carboxylic acids is 2. The molecule has 2 atom stereocenters. The van der Waals surface area contributed by atoms with Crippen molar-refractivity contribution in [2.75, 3.05) is 13.1 Å². The molecule has 2 unspecified atom stereocenters. The molecule has 1 saturated heterocycles. The first kappa shape index (κ1) is 17.1. The minimum atomic E-state index is -0.977. The van der Waals surface area contributed by atoms with Crippen molar-refractivity contribution in [2.24, 2.45) is 0 Å². The van der Waals surface area contributed by atoms with E-state index in [1.165, 1.54) is 4.90 Å². The number of aromatic nitrogens is 1. The van der Waals surface area contributed by atoms with Gasteiger partial charge < -0.3 is 20.3 Å². The lowest BCUT2D eigenvalue weighted by molar-refractivity contribution is 0.0311. The molecule has 1 aliphatic heterocycles. The summed E-state index contributed by atoms with van der Waals surface area (Å²) in [5, 5.41) is 12.8. The number of carbonyl (C=O) groups is 2. The maximum atomic E-state index is 13.2. The summed E-state index contributed by atoms with van der Waals surface area (Å²) in [4.78, 5) is 28.7. The number of nitrogens with one attached hydrogen (secondary N) is 2. The molecular formula is C17H17F2N3O3. The summed E-state index contributed by atoms with van der Waals surface area (Å²) in [6.45, 7) is 0.400. The first-order valence-corrected chi connectivity index (χ1v) is 7.82. The molecule has 0 aliphatic carbocycles. The summed E-state index contributed by atoms with van der Waals surface area (Å²) in [5.41, 5.74) is 0.263. The lowest BCUT2D eigenvalue weighted by atomic mass is 10.0. The van der Waals surface area contributed by atoms with Crippen LogP contribution >= 0.6 is 0 Å². The van der Waals surface area contributed by atoms with Crippen molar-refractivity contribution in [3.8, 4) is 0 Å². The molecule has 132 valence electrons. The maximum Gasteiger partial charge on any atom is 0.270 e. The van der Waals surface area contributed by atoms with Crippen LogP contribution in [0, 0.1) is 11.6 Å². The summed E-state index contributed by atoms with van der Waals surface area (Å²) in [5.74, 6) is -2.61. The molecule has 8 heteroatoms. The van der Waals surface area contributed by atoms with Gasteiger partial charge in [-0.2, -0.15) is 0 Å². The number of hydrogen-bond acceptors (Lipinski definition) is 3. The van der Waals surface area contributed by atoms with Crippen LogP contribution in [-0.4, -0.2) is 52.0 Å². The van der Waals surface area contributed by atoms with Gasteiger partial charge in [-0.1, -0.05) is 0 Å². The number of nitrogens with zero attached hydrogens (tertiary/aromatic N) is 1. The Balaban J connectivity index is 1.62. The highest BCUT2D eigenvalue weighted by Crippen LogP contribution is 2.15. The van der Waals surface area contributed by atoms with Gasteiger partial charge in [0.25, 0.3) is 11.8 Å². The number of aliphatic hydroxyl groups is 1. The molecule has 1 fully saturated rings. The Morgan fingerprint density at radius 3 is 2.56 bits per heavy atom. The van der Waals surface area contributed by atoms with Crippen molar-refractivity contribution in [2.45, 2.75) is 18.6 Å². The van der Waals surface area contributed by atoms with Crippen LogP contribution in [0.1, 0.15) is 27.3 Å². The van der Waals surface area contributed by atoms with E-state index >= 15 is 0 Å². The van der Waals surface area contributed by atoms with E-state index < -0.39 is 29.7 Å². The third-order valence-corrected chi connectivity index (χ3v) is 4.14. The summed E-state index contributed by atoms with van der Waals surface area (Å²) >= 11 is 0. The van der Waals surface area contributed by atoms with E-state index in [0.29, 0.717) is 24.7 Å². The Morgan fingerprint density at radius 1 is 1.24 bits per heavy atom. The fraction of sp³-hybridized carbons (Fsp3) is 0.294. The predicted molar refractivity (Wildman–Crippen MR) is 84.9 cm³/mol. The Kier molecular flexibility index (Phi) is 4.80. The number of aromatic amines is 1. The lowest BCUT2D eigenvalue weighted by Gasteiger charge is -2.36. The van der Waals surface area contributed by atoms with Crippen LogP contribution in [0.3, 0.4) is 0 Å². The molecular weight excluding hydrogens is 332 g/mol. The first-order chi connectivity index (χ1) is 11.9. The summed E-state index contributed by atoms with van der Waals surface area (Å²) < 4.78 is 26.4. The van der Waals surface area contributed by atoms with Crippen LogP contribution in [0.15, 0.2) is 36.5 Å². The quantitative estimate of drug-likeness (QED) is 0.781. The van der Waals surface area contributed by atoms with Gasteiger partial charge in [0, 0.05) is 30.9 Å². The second-order valence-corrected chi connectivity index (χ2v) is 5.93. The van der Waals surface area contributed by atoms with Crippen LogP contribution in [0.2, 0.25) is 0 Å². The van der Waals surface area contributed by atoms with Crippen molar-refractivity contribution in [1.82, 2.24) is 15.2 Å². The second-order valence-electron chi connectivity index (χ2n) is 5.93. The van der Waals surface area contributed by atoms with Crippen LogP contribution in [0.25, 0.3) is 0 Å². The van der Waals surface area contributed by atoms with Gasteiger partial charge in [-0.05, 0) is 30.7 Å². The van der Waals surface area contributed by atoms with Gasteiger partial charge in [-0.15, -0.1) is 0 Å². The van der Waals surface area contributed by atoms with Crippen molar-refractivity contribution in [3.63, 3.8) is 0 Å². The highest BCUT2D eigenvalue weighted by molar-refractivity contribution is 5.94. The van der Waals surface area contributed by atoms with E-state index in [1.54, 1.807) is 18.3 Å². The number of rotatable bonds is 3. The summed E-state index contributed by atoms with van der Waals surface area (Å²) in [7, 11) is 0. The van der Waals surface area contributed by atoms with Crippen LogP contribution < -0.4 is 5.32 Å². The molecule has 1 aromatic heterocycles. The van der Waals surface area contributed by atoms with Crippen molar-refractivity contribution < 1.29 is 23.5 Å². The SMILES string of the molecule is O=C(NC1CCN(C(=O)c2ccc[nH]2)CC1O)c1cc(F)cc(F)c1. The van der Waals surface area contributed by atoms with Crippen LogP contribution in [0.5, 0.6) is 0 Å². The lowest BCUT2D eigenvalue weighted by Crippen LogP contribution is -2.55. The third-order valence-electron chi connectivity index (χ3n) is 4.14. The highest BCUT2D eigenvalue weighted by atomic mass is 19.1. The smallest absolute Gasteiger partial charge is 0.270 e. The van der Waals surface area contributed by atoms with Crippen LogP contribution in [-0.2, 0) is 0 Å². The number of hydrogen-bond donors (Lipinski definition) is 3. The van der Waals surface area contributed by atoms with Gasteiger partial charge in [0.1, 0.15) is 17.3 Å². The number of halogens is 2. The largest absolute Gasteiger partial charge is 0.389 e. The van der Waals surface area contributed by atoms with E-state index in [4.69, 9.17) is 0 Å². The minimum Gasteiger partial charge on any atom is -0.389 e. The third kappa shape index (κ3) is 3.85. The zero-order valence-electron chi connectivity index (χ0n) is 13.2. The maximum absolute atomic E-state index is 13.2. The number of β-amino-alcohol motifs (C(OH)–C–C–N with tert-alkyl or cyclic N) is 1. The average Bonchev–Trinajstić information content (AvgIpc) is 3.09. The molecule has 1 aromatic carbocycles. The minimum absolute atomic E-state index is 0.0559. The Morgan fingerprint density at radius 2 is 1.96 bits per heavy atom. The molecule has 2 aromatic rings. The molecule has 0 spiro atoms. The predicted octanol–water partition coefficient (Wildman–Crippen LogP) is 1.30. The fourth-order valence-corrected chi connectivity index (χ4v) is 2.85. The van der Waals surface area contributed by atoms with Crippen molar-refractivity contribution in [1.29, 1.82) is 0 Å². The topological polar surface area (TPSA) is 85.4 Å². The van der Waals surface area contributed by atoms with Crippen LogP contribution in [0.4, 0.5) is 8.78 Å². The molecule has 3 N–H and O–H groups in total. The van der Waals surface area contributed by atoms with Gasteiger partial charge in [0.2, 0.25) is 0 Å². The number of benzene rings is 1. The van der Waals surface area contributed by atoms with Gasteiger partial charge in [-0.3, -0.25) is 9.59 Å². The number of amides is 2. The van der Waals surface area contributed by atoms with Crippen molar-refractivity contribution in [3.05, 3.63) is 59.4 Å². The average molecular weight is 349 g/mol. The second kappa shape index (κ2) is 7.02. The number of likely N-dealkylation sites (tertiary alicyclic amines) is 1. The first-order valence-electron chi connectivity index (χ1n) is 7.82. The Labute approximate surface area is 142 Å². The number of aliphatic hydroxyl groups excluding tert-OH is 1. The van der Waals surface area contributed by atoms with Gasteiger partial charge in [-0.25, -0.2) is 8.78 Å². The van der Waals surface area contributed by atoms with Crippen molar-refractivity contribution >= 4 is 11.8 Å². The molecule has 6 nitrogen and oxygen atoms in total. The monoisotopic (exact) mass is 349 g/mol. The normalized spacial score (nSPS) is 20.4. The Hall–Kier alpha value is -2.74. The summed E-state index contributed by atoms with van der Waals surface area (Å²) in [6, 6.07) is 5.27. The van der Waals surface area contributed by atoms with Gasteiger partial charge in [0.15, 0.2) is 0 Å². The molecule has 0 saturated carbocycles. The number of piperidine rings is 1. The van der Waals surface area contributed by atoms with E-state index in [2.05, 4.69) is 10.3 Å². The molecule has 1 aliphatic rings.